The number of aromatic amines is 1. The van der Waals surface area contributed by atoms with E-state index in [9.17, 15) is 8.42 Å². The molecule has 130 valence electrons. The van der Waals surface area contributed by atoms with Crippen LogP contribution in [0.2, 0.25) is 5.02 Å². The van der Waals surface area contributed by atoms with Crippen LogP contribution in [0.3, 0.4) is 0 Å². The molecular weight excluding hydrogens is 350 g/mol. The SMILES string of the molecule is Nc1nc(N2CCC(CS(=O)(=O)Cc3cccc(Cl)c3)CC2)n[nH]1. The van der Waals surface area contributed by atoms with Gasteiger partial charge in [-0.15, -0.1) is 5.10 Å². The molecule has 7 nitrogen and oxygen atoms in total. The molecule has 24 heavy (non-hydrogen) atoms. The van der Waals surface area contributed by atoms with E-state index in [2.05, 4.69) is 15.2 Å². The summed E-state index contributed by atoms with van der Waals surface area (Å²) in [7, 11) is -3.16. The zero-order chi connectivity index (χ0) is 17.2. The molecule has 1 aromatic carbocycles. The van der Waals surface area contributed by atoms with E-state index in [1.807, 2.05) is 4.90 Å². The average Bonchev–Trinajstić information content (AvgIpc) is 2.93. The molecule has 0 aliphatic carbocycles. The van der Waals surface area contributed by atoms with Gasteiger partial charge in [0, 0.05) is 18.1 Å². The third kappa shape index (κ3) is 4.39. The highest BCUT2D eigenvalue weighted by atomic mass is 35.5. The molecule has 0 atom stereocenters. The first-order valence-corrected chi connectivity index (χ1v) is 9.99. The van der Waals surface area contributed by atoms with Crippen molar-refractivity contribution in [2.45, 2.75) is 18.6 Å². The van der Waals surface area contributed by atoms with E-state index >= 15 is 0 Å². The third-order valence-corrected chi connectivity index (χ3v) is 6.14. The number of nitrogens with one attached hydrogen (secondary N) is 1. The van der Waals surface area contributed by atoms with Crippen molar-refractivity contribution in [3.8, 4) is 0 Å². The Morgan fingerprint density at radius 3 is 2.71 bits per heavy atom. The molecule has 0 spiro atoms. The Kier molecular flexibility index (Phi) is 4.96. The zero-order valence-corrected chi connectivity index (χ0v) is 14.7. The van der Waals surface area contributed by atoms with Gasteiger partial charge in [0.15, 0.2) is 9.84 Å². The number of sulfone groups is 1. The molecule has 0 amide bonds. The van der Waals surface area contributed by atoms with Gasteiger partial charge < -0.3 is 10.6 Å². The number of nitrogen functional groups attached to an aromatic ring is 1. The minimum absolute atomic E-state index is 0.0330. The Morgan fingerprint density at radius 2 is 2.08 bits per heavy atom. The van der Waals surface area contributed by atoms with E-state index in [0.717, 1.165) is 31.5 Å². The number of nitrogens with two attached hydrogens (primary N) is 1. The number of aromatic nitrogens is 3. The molecular formula is C15H20ClN5O2S. The van der Waals surface area contributed by atoms with Crippen LogP contribution in [0.25, 0.3) is 0 Å². The van der Waals surface area contributed by atoms with Crippen LogP contribution in [0.4, 0.5) is 11.9 Å². The molecule has 9 heteroatoms. The minimum atomic E-state index is -3.16. The van der Waals surface area contributed by atoms with Gasteiger partial charge in [-0.25, -0.2) is 13.5 Å². The van der Waals surface area contributed by atoms with E-state index in [0.29, 0.717) is 11.0 Å². The summed E-state index contributed by atoms with van der Waals surface area (Å²) in [5, 5.41) is 7.21. The molecule has 3 N–H and O–H groups in total. The molecule has 0 saturated carbocycles. The molecule has 1 fully saturated rings. The highest BCUT2D eigenvalue weighted by molar-refractivity contribution is 7.90. The Balaban J connectivity index is 1.55. The summed E-state index contributed by atoms with van der Waals surface area (Å²) in [6, 6.07) is 7.01. The topological polar surface area (TPSA) is 105 Å². The fourth-order valence-electron chi connectivity index (χ4n) is 3.00. The smallest absolute Gasteiger partial charge is 0.246 e. The summed E-state index contributed by atoms with van der Waals surface area (Å²) < 4.78 is 24.9. The molecule has 3 rings (SSSR count). The third-order valence-electron chi connectivity index (χ3n) is 4.15. The van der Waals surface area contributed by atoms with Crippen LogP contribution < -0.4 is 10.6 Å². The van der Waals surface area contributed by atoms with Crippen molar-refractivity contribution in [2.75, 3.05) is 29.5 Å². The molecule has 1 aromatic heterocycles. The summed E-state index contributed by atoms with van der Waals surface area (Å²) >= 11 is 5.92. The maximum absolute atomic E-state index is 12.4. The van der Waals surface area contributed by atoms with Gasteiger partial charge in [-0.05, 0) is 36.5 Å². The Morgan fingerprint density at radius 1 is 1.33 bits per heavy atom. The Hall–Kier alpha value is -1.80. The largest absolute Gasteiger partial charge is 0.368 e. The first-order chi connectivity index (χ1) is 11.4. The maximum atomic E-state index is 12.4. The summed E-state index contributed by atoms with van der Waals surface area (Å²) in [6.07, 6.45) is 1.59. The summed E-state index contributed by atoms with van der Waals surface area (Å²) in [5.74, 6) is 1.25. The second-order valence-electron chi connectivity index (χ2n) is 6.14. The van der Waals surface area contributed by atoms with Crippen LogP contribution in [0, 0.1) is 5.92 Å². The molecule has 1 saturated heterocycles. The lowest BCUT2D eigenvalue weighted by atomic mass is 9.99. The van der Waals surface area contributed by atoms with Gasteiger partial charge in [-0.3, -0.25) is 0 Å². The summed E-state index contributed by atoms with van der Waals surface area (Å²) in [4.78, 5) is 6.13. The van der Waals surface area contributed by atoms with Crippen LogP contribution in [-0.4, -0.2) is 42.4 Å². The highest BCUT2D eigenvalue weighted by Crippen LogP contribution is 2.23. The predicted octanol–water partition coefficient (Wildman–Crippen LogP) is 1.87. The number of nitrogens with zero attached hydrogens (tertiary/aromatic N) is 3. The van der Waals surface area contributed by atoms with Gasteiger partial charge in [-0.2, -0.15) is 4.98 Å². The van der Waals surface area contributed by atoms with E-state index in [4.69, 9.17) is 17.3 Å². The van der Waals surface area contributed by atoms with Crippen LogP contribution in [-0.2, 0) is 15.6 Å². The molecule has 2 heterocycles. The van der Waals surface area contributed by atoms with Crippen molar-refractivity contribution >= 4 is 33.3 Å². The van der Waals surface area contributed by atoms with Gasteiger partial charge in [0.1, 0.15) is 0 Å². The lowest BCUT2D eigenvalue weighted by Crippen LogP contribution is -2.36. The number of rotatable bonds is 5. The minimum Gasteiger partial charge on any atom is -0.368 e. The number of H-pyrrole nitrogens is 1. The number of halogens is 1. The van der Waals surface area contributed by atoms with Gasteiger partial charge in [0.05, 0.1) is 11.5 Å². The highest BCUT2D eigenvalue weighted by Gasteiger charge is 2.26. The zero-order valence-electron chi connectivity index (χ0n) is 13.2. The first kappa shape index (κ1) is 17.0. The average molecular weight is 370 g/mol. The fraction of sp³-hybridized carbons (Fsp3) is 0.467. The molecule has 2 aromatic rings. The molecule has 0 unspecified atom stereocenters. The number of piperidine rings is 1. The van der Waals surface area contributed by atoms with E-state index < -0.39 is 9.84 Å². The van der Waals surface area contributed by atoms with Crippen molar-refractivity contribution in [1.29, 1.82) is 0 Å². The summed E-state index contributed by atoms with van der Waals surface area (Å²) in [6.45, 7) is 1.46. The number of hydrogen-bond acceptors (Lipinski definition) is 6. The summed E-state index contributed by atoms with van der Waals surface area (Å²) in [5.41, 5.74) is 6.27. The van der Waals surface area contributed by atoms with E-state index in [1.54, 1.807) is 24.3 Å². The van der Waals surface area contributed by atoms with Crippen LogP contribution >= 0.6 is 11.6 Å². The van der Waals surface area contributed by atoms with Crippen molar-refractivity contribution in [3.63, 3.8) is 0 Å². The first-order valence-electron chi connectivity index (χ1n) is 7.79. The van der Waals surface area contributed by atoms with Crippen molar-refractivity contribution in [2.24, 2.45) is 5.92 Å². The normalized spacial score (nSPS) is 16.5. The number of hydrogen-bond donors (Lipinski definition) is 2. The standard InChI is InChI=1S/C15H20ClN5O2S/c16-13-3-1-2-12(8-13)10-24(22,23)9-11-4-6-21(7-5-11)15-18-14(17)19-20-15/h1-3,8,11H,4-7,9-10H2,(H3,17,18,19,20). The number of anilines is 2. The second-order valence-corrected chi connectivity index (χ2v) is 8.68. The molecule has 1 aliphatic heterocycles. The molecule has 1 aliphatic rings. The van der Waals surface area contributed by atoms with Crippen LogP contribution in [0.15, 0.2) is 24.3 Å². The lowest BCUT2D eigenvalue weighted by Gasteiger charge is -2.30. The molecule has 0 radical (unpaired) electrons. The van der Waals surface area contributed by atoms with Gasteiger partial charge in [-0.1, -0.05) is 23.7 Å². The Labute approximate surface area is 146 Å². The van der Waals surface area contributed by atoms with Crippen molar-refractivity contribution in [3.05, 3.63) is 34.9 Å². The van der Waals surface area contributed by atoms with Gasteiger partial charge >= 0.3 is 0 Å². The molecule has 0 bridgehead atoms. The van der Waals surface area contributed by atoms with Crippen molar-refractivity contribution < 1.29 is 8.42 Å². The van der Waals surface area contributed by atoms with Gasteiger partial charge in [0.2, 0.25) is 11.9 Å². The maximum Gasteiger partial charge on any atom is 0.246 e. The van der Waals surface area contributed by atoms with Gasteiger partial charge in [0.25, 0.3) is 0 Å². The van der Waals surface area contributed by atoms with Crippen LogP contribution in [0.5, 0.6) is 0 Å². The lowest BCUT2D eigenvalue weighted by molar-refractivity contribution is 0.432. The fourth-order valence-corrected chi connectivity index (χ4v) is 5.07. The monoisotopic (exact) mass is 369 g/mol. The Bertz CT molecular complexity index is 800. The van der Waals surface area contributed by atoms with E-state index in [-0.39, 0.29) is 23.4 Å². The van der Waals surface area contributed by atoms with Crippen molar-refractivity contribution in [1.82, 2.24) is 15.2 Å². The number of benzene rings is 1. The second kappa shape index (κ2) is 6.98. The predicted molar refractivity (Wildman–Crippen MR) is 94.7 cm³/mol. The van der Waals surface area contributed by atoms with E-state index in [1.165, 1.54) is 0 Å². The quantitative estimate of drug-likeness (QED) is 0.833. The van der Waals surface area contributed by atoms with Crippen LogP contribution in [0.1, 0.15) is 18.4 Å².